The summed E-state index contributed by atoms with van der Waals surface area (Å²) in [5, 5.41) is 0. The van der Waals surface area contributed by atoms with Crippen LogP contribution in [-0.2, 0) is 0 Å². The number of aromatic nitrogens is 1. The second kappa shape index (κ2) is 4.49. The number of halogens is 1. The summed E-state index contributed by atoms with van der Waals surface area (Å²) in [6, 6.07) is 8.12. The third-order valence-corrected chi connectivity index (χ3v) is 3.75. The van der Waals surface area contributed by atoms with Gasteiger partial charge in [0.1, 0.15) is 0 Å². The number of nitrogens with two attached hydrogens (primary N) is 1. The third-order valence-electron chi connectivity index (χ3n) is 3.06. The van der Waals surface area contributed by atoms with Crippen molar-refractivity contribution in [3.05, 3.63) is 45.7 Å². The van der Waals surface area contributed by atoms with E-state index in [1.807, 2.05) is 32.0 Å². The Hall–Kier alpha value is -1.35. The van der Waals surface area contributed by atoms with E-state index >= 15 is 0 Å². The molecule has 88 valence electrons. The van der Waals surface area contributed by atoms with Crippen LogP contribution >= 0.6 is 15.9 Å². The number of rotatable bonds is 1. The number of pyridine rings is 1. The topological polar surface area (TPSA) is 38.9 Å². The second-order valence-electron chi connectivity index (χ2n) is 4.18. The van der Waals surface area contributed by atoms with Crippen LogP contribution in [0.5, 0.6) is 0 Å². The molecule has 0 spiro atoms. The first-order valence-corrected chi connectivity index (χ1v) is 6.30. The zero-order valence-electron chi connectivity index (χ0n) is 10.2. The molecule has 1 heterocycles. The molecule has 2 aromatic rings. The van der Waals surface area contributed by atoms with Crippen LogP contribution in [0, 0.1) is 20.8 Å². The standard InChI is InChI=1S/C14H15BrN2/c1-8-9(2)17-10(3)14(16)13(8)11-6-4-5-7-12(11)15/h4-7H,16H2,1-3H3. The number of nitrogens with zero attached hydrogens (tertiary/aromatic N) is 1. The predicted octanol–water partition coefficient (Wildman–Crippen LogP) is 4.02. The van der Waals surface area contributed by atoms with Crippen LogP contribution in [0.25, 0.3) is 11.1 Å². The monoisotopic (exact) mass is 290 g/mol. The lowest BCUT2D eigenvalue weighted by atomic mass is 9.97. The van der Waals surface area contributed by atoms with E-state index in [0.29, 0.717) is 0 Å². The van der Waals surface area contributed by atoms with Crippen LogP contribution in [0.1, 0.15) is 17.0 Å². The van der Waals surface area contributed by atoms with E-state index in [2.05, 4.69) is 33.9 Å². The van der Waals surface area contributed by atoms with Crippen LogP contribution in [0.2, 0.25) is 0 Å². The van der Waals surface area contributed by atoms with E-state index in [9.17, 15) is 0 Å². The molecule has 0 radical (unpaired) electrons. The Balaban J connectivity index is 2.80. The highest BCUT2D eigenvalue weighted by atomic mass is 79.9. The zero-order valence-corrected chi connectivity index (χ0v) is 11.8. The summed E-state index contributed by atoms with van der Waals surface area (Å²) in [4.78, 5) is 4.45. The van der Waals surface area contributed by atoms with Gasteiger partial charge in [-0.05, 0) is 38.0 Å². The Kier molecular flexibility index (Phi) is 3.20. The molecule has 0 aliphatic heterocycles. The molecule has 0 unspecified atom stereocenters. The molecule has 0 amide bonds. The molecule has 2 rings (SSSR count). The van der Waals surface area contributed by atoms with Gasteiger partial charge in [0, 0.05) is 15.7 Å². The van der Waals surface area contributed by atoms with Gasteiger partial charge in [-0.1, -0.05) is 34.1 Å². The van der Waals surface area contributed by atoms with E-state index < -0.39 is 0 Å². The average molecular weight is 291 g/mol. The molecule has 17 heavy (non-hydrogen) atoms. The van der Waals surface area contributed by atoms with Gasteiger partial charge in [0.15, 0.2) is 0 Å². The minimum absolute atomic E-state index is 0.764. The van der Waals surface area contributed by atoms with Gasteiger partial charge in [-0.15, -0.1) is 0 Å². The average Bonchev–Trinajstić information content (AvgIpc) is 2.29. The lowest BCUT2D eigenvalue weighted by Gasteiger charge is -2.15. The quantitative estimate of drug-likeness (QED) is 0.862. The van der Waals surface area contributed by atoms with Crippen molar-refractivity contribution in [1.29, 1.82) is 0 Å². The third kappa shape index (κ3) is 2.07. The minimum atomic E-state index is 0.764. The molecular formula is C14H15BrN2. The van der Waals surface area contributed by atoms with Crippen molar-refractivity contribution in [3.8, 4) is 11.1 Å². The second-order valence-corrected chi connectivity index (χ2v) is 5.03. The highest BCUT2D eigenvalue weighted by molar-refractivity contribution is 9.10. The van der Waals surface area contributed by atoms with Crippen LogP contribution < -0.4 is 5.73 Å². The van der Waals surface area contributed by atoms with Crippen molar-refractivity contribution in [1.82, 2.24) is 4.98 Å². The van der Waals surface area contributed by atoms with E-state index in [0.717, 1.165) is 38.2 Å². The van der Waals surface area contributed by atoms with Gasteiger partial charge in [0.05, 0.1) is 11.4 Å². The number of aryl methyl sites for hydroxylation is 2. The summed E-state index contributed by atoms with van der Waals surface area (Å²) < 4.78 is 1.06. The number of hydrogen-bond acceptors (Lipinski definition) is 2. The molecule has 0 fully saturated rings. The lowest BCUT2D eigenvalue weighted by molar-refractivity contribution is 1.10. The zero-order chi connectivity index (χ0) is 12.6. The van der Waals surface area contributed by atoms with Crippen molar-refractivity contribution in [2.45, 2.75) is 20.8 Å². The summed E-state index contributed by atoms with van der Waals surface area (Å²) in [5.74, 6) is 0. The molecule has 0 aliphatic carbocycles. The molecule has 0 saturated heterocycles. The number of hydrogen-bond donors (Lipinski definition) is 1. The van der Waals surface area contributed by atoms with Crippen molar-refractivity contribution in [2.24, 2.45) is 0 Å². The molecule has 2 N–H and O–H groups in total. The van der Waals surface area contributed by atoms with Gasteiger partial charge in [-0.25, -0.2) is 0 Å². The molecule has 0 aliphatic rings. The van der Waals surface area contributed by atoms with E-state index in [1.165, 1.54) is 0 Å². The Labute approximate surface area is 110 Å². The summed E-state index contributed by atoms with van der Waals surface area (Å²) in [6.45, 7) is 6.02. The normalized spacial score (nSPS) is 10.6. The van der Waals surface area contributed by atoms with Gasteiger partial charge in [0.2, 0.25) is 0 Å². The van der Waals surface area contributed by atoms with Crippen LogP contribution in [0.4, 0.5) is 5.69 Å². The van der Waals surface area contributed by atoms with Crippen molar-refractivity contribution in [3.63, 3.8) is 0 Å². The van der Waals surface area contributed by atoms with Crippen molar-refractivity contribution < 1.29 is 0 Å². The maximum absolute atomic E-state index is 6.17. The fraction of sp³-hybridized carbons (Fsp3) is 0.214. The van der Waals surface area contributed by atoms with Gasteiger partial charge in [-0.3, -0.25) is 4.98 Å². The Bertz CT molecular complexity index is 550. The minimum Gasteiger partial charge on any atom is -0.397 e. The summed E-state index contributed by atoms with van der Waals surface area (Å²) in [7, 11) is 0. The molecule has 3 heteroatoms. The summed E-state index contributed by atoms with van der Waals surface area (Å²) in [6.07, 6.45) is 0. The highest BCUT2D eigenvalue weighted by Crippen LogP contribution is 2.36. The Morgan fingerprint density at radius 3 is 2.35 bits per heavy atom. The first-order chi connectivity index (χ1) is 8.02. The molecule has 1 aromatic carbocycles. The van der Waals surface area contributed by atoms with Crippen LogP contribution in [-0.4, -0.2) is 4.98 Å². The lowest BCUT2D eigenvalue weighted by Crippen LogP contribution is -2.02. The number of nitrogen functional groups attached to an aromatic ring is 1. The summed E-state index contributed by atoms with van der Waals surface area (Å²) in [5.41, 5.74) is 12.2. The van der Waals surface area contributed by atoms with Gasteiger partial charge in [0.25, 0.3) is 0 Å². The fourth-order valence-corrected chi connectivity index (χ4v) is 2.45. The Morgan fingerprint density at radius 1 is 1.06 bits per heavy atom. The molecule has 2 nitrogen and oxygen atoms in total. The molecule has 0 bridgehead atoms. The molecular weight excluding hydrogens is 276 g/mol. The number of benzene rings is 1. The molecule has 0 saturated carbocycles. The van der Waals surface area contributed by atoms with Crippen LogP contribution in [0.15, 0.2) is 28.7 Å². The maximum atomic E-state index is 6.17. The predicted molar refractivity (Wildman–Crippen MR) is 76.0 cm³/mol. The van der Waals surface area contributed by atoms with E-state index in [4.69, 9.17) is 5.73 Å². The number of anilines is 1. The van der Waals surface area contributed by atoms with E-state index in [1.54, 1.807) is 0 Å². The largest absolute Gasteiger partial charge is 0.397 e. The highest BCUT2D eigenvalue weighted by Gasteiger charge is 2.14. The smallest absolute Gasteiger partial charge is 0.0613 e. The molecule has 0 atom stereocenters. The first kappa shape index (κ1) is 12.1. The first-order valence-electron chi connectivity index (χ1n) is 5.50. The van der Waals surface area contributed by atoms with E-state index in [-0.39, 0.29) is 0 Å². The maximum Gasteiger partial charge on any atom is 0.0613 e. The van der Waals surface area contributed by atoms with Crippen LogP contribution in [0.3, 0.4) is 0 Å². The Morgan fingerprint density at radius 2 is 1.71 bits per heavy atom. The summed E-state index contributed by atoms with van der Waals surface area (Å²) >= 11 is 3.57. The van der Waals surface area contributed by atoms with Crippen molar-refractivity contribution in [2.75, 3.05) is 5.73 Å². The van der Waals surface area contributed by atoms with Gasteiger partial charge < -0.3 is 5.73 Å². The fourth-order valence-electron chi connectivity index (χ4n) is 1.97. The molecule has 1 aromatic heterocycles. The van der Waals surface area contributed by atoms with Gasteiger partial charge in [-0.2, -0.15) is 0 Å². The SMILES string of the molecule is Cc1nc(C)c(N)c(-c2ccccc2Br)c1C. The van der Waals surface area contributed by atoms with Gasteiger partial charge >= 0.3 is 0 Å². The van der Waals surface area contributed by atoms with Crippen molar-refractivity contribution >= 4 is 21.6 Å².